The number of carbonyl (C=O) groups excluding carboxylic acids is 2. The highest BCUT2D eigenvalue weighted by molar-refractivity contribution is 6.05. The van der Waals surface area contributed by atoms with E-state index >= 15 is 0 Å². The monoisotopic (exact) mass is 420 g/mol. The van der Waals surface area contributed by atoms with E-state index in [2.05, 4.69) is 15.5 Å². The lowest BCUT2D eigenvalue weighted by atomic mass is 10.1. The second-order valence-corrected chi connectivity index (χ2v) is 7.37. The number of furan rings is 1. The summed E-state index contributed by atoms with van der Waals surface area (Å²) in [5.41, 5.74) is 9.33. The molecule has 0 radical (unpaired) electrons. The average molecular weight is 420 g/mol. The van der Waals surface area contributed by atoms with Crippen LogP contribution in [0.15, 0.2) is 71.5 Å². The van der Waals surface area contributed by atoms with Gasteiger partial charge < -0.3 is 30.4 Å². The van der Waals surface area contributed by atoms with Crippen molar-refractivity contribution in [1.29, 1.82) is 0 Å². The Hall–Kier alpha value is -3.94. The molecule has 3 aromatic rings. The molecule has 8 heteroatoms. The third-order valence-corrected chi connectivity index (χ3v) is 5.16. The molecule has 1 aromatic heterocycles. The number of nitrogen functional groups attached to an aromatic ring is 1. The molecular weight excluding hydrogens is 396 g/mol. The highest BCUT2D eigenvalue weighted by Gasteiger charge is 2.24. The van der Waals surface area contributed by atoms with Gasteiger partial charge in [0.25, 0.3) is 5.91 Å². The van der Waals surface area contributed by atoms with E-state index in [0.717, 1.165) is 24.2 Å². The Bertz CT molecular complexity index is 1030. The Kier molecular flexibility index (Phi) is 6.07. The molecule has 2 amide bonds. The number of hydrogen-bond acceptors (Lipinski definition) is 6. The zero-order chi connectivity index (χ0) is 21.6. The molecule has 2 aromatic carbocycles. The van der Waals surface area contributed by atoms with Gasteiger partial charge in [0, 0.05) is 29.9 Å². The third kappa shape index (κ3) is 5.16. The quantitative estimate of drug-likeness (QED) is 0.526. The van der Waals surface area contributed by atoms with E-state index in [0.29, 0.717) is 23.5 Å². The minimum atomic E-state index is -0.444. The summed E-state index contributed by atoms with van der Waals surface area (Å²) in [4.78, 5) is 26.6. The van der Waals surface area contributed by atoms with Gasteiger partial charge in [0.1, 0.15) is 6.61 Å². The lowest BCUT2D eigenvalue weighted by Crippen LogP contribution is -2.37. The van der Waals surface area contributed by atoms with Crippen molar-refractivity contribution in [3.8, 4) is 0 Å². The molecule has 2 heterocycles. The van der Waals surface area contributed by atoms with Crippen molar-refractivity contribution in [2.24, 2.45) is 0 Å². The van der Waals surface area contributed by atoms with Crippen LogP contribution in [0.2, 0.25) is 0 Å². The Morgan fingerprint density at radius 3 is 2.68 bits per heavy atom. The smallest absolute Gasteiger partial charge is 0.407 e. The van der Waals surface area contributed by atoms with Gasteiger partial charge in [-0.25, -0.2) is 4.79 Å². The standard InChI is InChI=1S/C23H24N4O4/c24-20-3-1-2-4-21(20)26-22(28)17-5-7-19(8-6-17)27-11-9-18(13-27)25-23(29)31-15-16-10-12-30-14-16/h1-8,10,12,14,18H,9,11,13,15,24H2,(H,25,29)(H,26,28)/t18-/m0/s1. The Balaban J connectivity index is 1.28. The number of nitrogens with zero attached hydrogens (tertiary/aromatic N) is 1. The Morgan fingerprint density at radius 2 is 1.94 bits per heavy atom. The second-order valence-electron chi connectivity index (χ2n) is 7.37. The molecule has 1 atom stereocenters. The summed E-state index contributed by atoms with van der Waals surface area (Å²) in [6.45, 7) is 1.66. The summed E-state index contributed by atoms with van der Waals surface area (Å²) in [6.07, 6.45) is 3.46. The Labute approximate surface area is 180 Å². The number of para-hydroxylation sites is 2. The molecule has 160 valence electrons. The fraction of sp³-hybridized carbons (Fsp3) is 0.217. The first kappa shape index (κ1) is 20.3. The van der Waals surface area contributed by atoms with Crippen molar-refractivity contribution < 1.29 is 18.7 Å². The number of amides is 2. The van der Waals surface area contributed by atoms with Gasteiger partial charge >= 0.3 is 6.09 Å². The van der Waals surface area contributed by atoms with E-state index in [1.54, 1.807) is 36.6 Å². The van der Waals surface area contributed by atoms with E-state index < -0.39 is 6.09 Å². The molecule has 0 aliphatic carbocycles. The summed E-state index contributed by atoms with van der Waals surface area (Å²) in [6, 6.07) is 16.3. The van der Waals surface area contributed by atoms with Crippen LogP contribution in [0.25, 0.3) is 0 Å². The molecule has 1 fully saturated rings. The number of anilines is 3. The maximum Gasteiger partial charge on any atom is 0.407 e. The van der Waals surface area contributed by atoms with Crippen molar-refractivity contribution in [3.63, 3.8) is 0 Å². The Morgan fingerprint density at radius 1 is 1.13 bits per heavy atom. The summed E-state index contributed by atoms with van der Waals surface area (Å²) in [5.74, 6) is -0.217. The molecule has 4 rings (SSSR count). The van der Waals surface area contributed by atoms with E-state index in [-0.39, 0.29) is 18.6 Å². The summed E-state index contributed by atoms with van der Waals surface area (Å²) in [5, 5.41) is 5.72. The molecule has 1 aliphatic rings. The lowest BCUT2D eigenvalue weighted by molar-refractivity contribution is 0.102. The van der Waals surface area contributed by atoms with Crippen molar-refractivity contribution in [2.75, 3.05) is 29.0 Å². The second kappa shape index (κ2) is 9.25. The molecule has 1 aliphatic heterocycles. The molecule has 0 spiro atoms. The number of benzene rings is 2. The predicted octanol–water partition coefficient (Wildman–Crippen LogP) is 3.62. The molecule has 0 unspecified atom stereocenters. The third-order valence-electron chi connectivity index (χ3n) is 5.16. The first-order chi connectivity index (χ1) is 15.1. The van der Waals surface area contributed by atoms with Crippen molar-refractivity contribution in [2.45, 2.75) is 19.1 Å². The van der Waals surface area contributed by atoms with Crippen LogP contribution in [0.4, 0.5) is 21.9 Å². The van der Waals surface area contributed by atoms with Crippen LogP contribution in [-0.4, -0.2) is 31.1 Å². The average Bonchev–Trinajstić information content (AvgIpc) is 3.46. The summed E-state index contributed by atoms with van der Waals surface area (Å²) in [7, 11) is 0. The van der Waals surface area contributed by atoms with Gasteiger partial charge in [-0.15, -0.1) is 0 Å². The first-order valence-electron chi connectivity index (χ1n) is 10.0. The van der Waals surface area contributed by atoms with Crippen LogP contribution in [0, 0.1) is 0 Å². The van der Waals surface area contributed by atoms with Crippen molar-refractivity contribution in [3.05, 3.63) is 78.3 Å². The van der Waals surface area contributed by atoms with Crippen LogP contribution in [0.1, 0.15) is 22.3 Å². The number of carbonyl (C=O) groups is 2. The number of rotatable bonds is 6. The van der Waals surface area contributed by atoms with E-state index in [4.69, 9.17) is 14.9 Å². The topological polar surface area (TPSA) is 110 Å². The number of nitrogens with one attached hydrogen (secondary N) is 2. The largest absolute Gasteiger partial charge is 0.472 e. The van der Waals surface area contributed by atoms with Gasteiger partial charge in [0.2, 0.25) is 0 Å². The molecular formula is C23H24N4O4. The molecule has 8 nitrogen and oxygen atoms in total. The van der Waals surface area contributed by atoms with Crippen LogP contribution in [0.3, 0.4) is 0 Å². The highest BCUT2D eigenvalue weighted by Crippen LogP contribution is 2.22. The fourth-order valence-corrected chi connectivity index (χ4v) is 3.47. The minimum absolute atomic E-state index is 0.000815. The van der Waals surface area contributed by atoms with Gasteiger partial charge in [-0.2, -0.15) is 0 Å². The van der Waals surface area contributed by atoms with E-state index in [1.807, 2.05) is 24.3 Å². The van der Waals surface area contributed by atoms with Gasteiger partial charge in [-0.05, 0) is 48.9 Å². The van der Waals surface area contributed by atoms with E-state index in [9.17, 15) is 9.59 Å². The number of hydrogen-bond donors (Lipinski definition) is 3. The predicted molar refractivity (Wildman–Crippen MR) is 118 cm³/mol. The highest BCUT2D eigenvalue weighted by atomic mass is 16.5. The first-order valence-corrected chi connectivity index (χ1v) is 10.0. The van der Waals surface area contributed by atoms with Crippen molar-refractivity contribution in [1.82, 2.24) is 5.32 Å². The zero-order valence-electron chi connectivity index (χ0n) is 16.9. The number of nitrogens with two attached hydrogens (primary N) is 1. The molecule has 31 heavy (non-hydrogen) atoms. The normalized spacial score (nSPS) is 15.5. The zero-order valence-corrected chi connectivity index (χ0v) is 16.9. The fourth-order valence-electron chi connectivity index (χ4n) is 3.47. The number of alkyl carbamates (subject to hydrolysis) is 1. The maximum atomic E-state index is 12.5. The van der Waals surface area contributed by atoms with Crippen LogP contribution >= 0.6 is 0 Å². The van der Waals surface area contributed by atoms with E-state index in [1.165, 1.54) is 6.26 Å². The van der Waals surface area contributed by atoms with Crippen LogP contribution in [0.5, 0.6) is 0 Å². The minimum Gasteiger partial charge on any atom is -0.472 e. The summed E-state index contributed by atoms with van der Waals surface area (Å²) >= 11 is 0. The molecule has 0 saturated carbocycles. The molecule has 4 N–H and O–H groups in total. The van der Waals surface area contributed by atoms with Crippen LogP contribution < -0.4 is 21.3 Å². The van der Waals surface area contributed by atoms with Gasteiger partial charge in [0.05, 0.1) is 29.9 Å². The SMILES string of the molecule is Nc1ccccc1NC(=O)c1ccc(N2CC[C@H](NC(=O)OCc3ccoc3)C2)cc1. The summed E-state index contributed by atoms with van der Waals surface area (Å²) < 4.78 is 10.2. The van der Waals surface area contributed by atoms with Crippen molar-refractivity contribution >= 4 is 29.1 Å². The van der Waals surface area contributed by atoms with Crippen LogP contribution in [-0.2, 0) is 11.3 Å². The molecule has 0 bridgehead atoms. The van der Waals surface area contributed by atoms with Gasteiger partial charge in [0.15, 0.2) is 0 Å². The maximum absolute atomic E-state index is 12.5. The van der Waals surface area contributed by atoms with Gasteiger partial charge in [-0.3, -0.25) is 4.79 Å². The van der Waals surface area contributed by atoms with Gasteiger partial charge in [-0.1, -0.05) is 12.1 Å². The molecule has 1 saturated heterocycles. The lowest BCUT2D eigenvalue weighted by Gasteiger charge is -2.19. The number of ether oxygens (including phenoxy) is 1.